The molecule has 0 radical (unpaired) electrons. The number of carboxylic acids is 1. The zero-order chi connectivity index (χ0) is 21.2. The van der Waals surface area contributed by atoms with Crippen molar-refractivity contribution in [3.63, 3.8) is 0 Å². The summed E-state index contributed by atoms with van der Waals surface area (Å²) in [6.45, 7) is 5.08. The van der Waals surface area contributed by atoms with E-state index in [4.69, 9.17) is 10.3 Å². The highest BCUT2D eigenvalue weighted by Crippen LogP contribution is 2.13. The van der Waals surface area contributed by atoms with Crippen molar-refractivity contribution in [1.29, 1.82) is 0 Å². The molecule has 1 fully saturated rings. The number of anilines is 1. The number of unbranched alkanes of at least 4 members (excludes halogenated alkanes) is 1. The van der Waals surface area contributed by atoms with Crippen molar-refractivity contribution in [3.05, 3.63) is 53.9 Å². The van der Waals surface area contributed by atoms with Gasteiger partial charge >= 0.3 is 5.97 Å². The van der Waals surface area contributed by atoms with E-state index in [1.807, 2.05) is 30.3 Å². The van der Waals surface area contributed by atoms with Crippen LogP contribution in [0.25, 0.3) is 0 Å². The van der Waals surface area contributed by atoms with E-state index in [1.54, 1.807) is 12.4 Å². The zero-order valence-corrected chi connectivity index (χ0v) is 17.2. The molecule has 1 aliphatic heterocycles. The summed E-state index contributed by atoms with van der Waals surface area (Å²) in [5.74, 6) is -0.0828. The second kappa shape index (κ2) is 11.3. The van der Waals surface area contributed by atoms with Gasteiger partial charge in [0, 0.05) is 45.0 Å². The molecular weight excluding hydrogens is 382 g/mol. The van der Waals surface area contributed by atoms with Crippen molar-refractivity contribution < 1.29 is 15.1 Å². The van der Waals surface area contributed by atoms with Crippen LogP contribution in [0.4, 0.5) is 5.95 Å². The highest BCUT2D eigenvalue weighted by molar-refractivity contribution is 6.01. The number of carbonyl (C=O) groups is 1. The summed E-state index contributed by atoms with van der Waals surface area (Å²) >= 11 is 0. The lowest BCUT2D eigenvalue weighted by molar-refractivity contribution is -0.136. The van der Waals surface area contributed by atoms with E-state index in [-0.39, 0.29) is 12.8 Å². The maximum absolute atomic E-state index is 10.7. The summed E-state index contributed by atoms with van der Waals surface area (Å²) in [5.41, 5.74) is 2.41. The molecule has 8 nitrogen and oxygen atoms in total. The summed E-state index contributed by atoms with van der Waals surface area (Å²) in [4.78, 5) is 24.1. The molecule has 8 heteroatoms. The van der Waals surface area contributed by atoms with Gasteiger partial charge in [-0.05, 0) is 43.0 Å². The van der Waals surface area contributed by atoms with Crippen molar-refractivity contribution in [2.75, 3.05) is 37.6 Å². The highest BCUT2D eigenvalue weighted by atomic mass is 16.4. The molecule has 0 aliphatic carbocycles. The van der Waals surface area contributed by atoms with Crippen LogP contribution in [0.5, 0.6) is 0 Å². The van der Waals surface area contributed by atoms with E-state index in [1.165, 1.54) is 5.56 Å². The van der Waals surface area contributed by atoms with Gasteiger partial charge in [0.15, 0.2) is 0 Å². The van der Waals surface area contributed by atoms with E-state index in [2.05, 4.69) is 24.9 Å². The molecule has 2 aromatic rings. The predicted octanol–water partition coefficient (Wildman–Crippen LogP) is 2.66. The second-order valence-electron chi connectivity index (χ2n) is 7.47. The Labute approximate surface area is 176 Å². The summed E-state index contributed by atoms with van der Waals surface area (Å²) in [7, 11) is 0. The minimum absolute atomic E-state index is 0.0478. The monoisotopic (exact) mass is 411 g/mol. The molecule has 1 aromatic carbocycles. The normalized spacial score (nSPS) is 15.3. The lowest BCUT2D eigenvalue weighted by Gasteiger charge is -2.34. The van der Waals surface area contributed by atoms with Crippen molar-refractivity contribution in [2.24, 2.45) is 5.16 Å². The van der Waals surface area contributed by atoms with Gasteiger partial charge in [-0.3, -0.25) is 9.69 Å². The predicted molar refractivity (Wildman–Crippen MR) is 115 cm³/mol. The van der Waals surface area contributed by atoms with Gasteiger partial charge in [-0.15, -0.1) is 0 Å². The van der Waals surface area contributed by atoms with E-state index in [0.717, 1.165) is 63.5 Å². The SMILES string of the molecule is O=C(O)CC/C(=N/O)c1ccc(CCCCN2CCN(c3ncccn3)CC2)cc1. The first-order valence-electron chi connectivity index (χ1n) is 10.4. The molecule has 0 amide bonds. The van der Waals surface area contributed by atoms with E-state index in [9.17, 15) is 4.79 Å². The zero-order valence-electron chi connectivity index (χ0n) is 17.2. The molecule has 1 aromatic heterocycles. The van der Waals surface area contributed by atoms with Gasteiger partial charge in [-0.25, -0.2) is 9.97 Å². The molecule has 3 rings (SSSR count). The summed E-state index contributed by atoms with van der Waals surface area (Å²) in [6, 6.07) is 9.69. The van der Waals surface area contributed by atoms with Crippen molar-refractivity contribution in [1.82, 2.24) is 14.9 Å². The fraction of sp³-hybridized carbons (Fsp3) is 0.455. The smallest absolute Gasteiger partial charge is 0.303 e. The van der Waals surface area contributed by atoms with E-state index >= 15 is 0 Å². The Bertz CT molecular complexity index is 818. The van der Waals surface area contributed by atoms with Crippen LogP contribution >= 0.6 is 0 Å². The van der Waals surface area contributed by atoms with Crippen LogP contribution in [0, 0.1) is 0 Å². The Kier molecular flexibility index (Phi) is 8.14. The van der Waals surface area contributed by atoms with Gasteiger partial charge in [-0.2, -0.15) is 0 Å². The fourth-order valence-corrected chi connectivity index (χ4v) is 3.63. The molecule has 0 atom stereocenters. The quantitative estimate of drug-likeness (QED) is 0.268. The van der Waals surface area contributed by atoms with Crippen LogP contribution in [-0.4, -0.2) is 69.6 Å². The maximum atomic E-state index is 10.7. The van der Waals surface area contributed by atoms with Crippen LogP contribution < -0.4 is 4.90 Å². The summed E-state index contributed by atoms with van der Waals surface area (Å²) in [5, 5.41) is 21.1. The number of aliphatic carboxylic acids is 1. The first kappa shape index (κ1) is 21.7. The number of nitrogens with zero attached hydrogens (tertiary/aromatic N) is 5. The van der Waals surface area contributed by atoms with Crippen LogP contribution in [0.2, 0.25) is 0 Å². The number of aryl methyl sites for hydroxylation is 1. The number of hydrogen-bond acceptors (Lipinski definition) is 7. The lowest BCUT2D eigenvalue weighted by atomic mass is 10.0. The van der Waals surface area contributed by atoms with Gasteiger partial charge in [0.05, 0.1) is 12.1 Å². The van der Waals surface area contributed by atoms with E-state index < -0.39 is 5.97 Å². The topological polar surface area (TPSA) is 102 Å². The minimum Gasteiger partial charge on any atom is -0.481 e. The lowest BCUT2D eigenvalue weighted by Crippen LogP contribution is -2.47. The standard InChI is InChI=1S/C22H29N5O3/c28-21(29)10-9-20(25-30)19-7-5-18(6-8-19)4-1-2-13-26-14-16-27(17-15-26)22-23-11-3-12-24-22/h3,5-8,11-12,30H,1-2,4,9-10,13-17H2,(H,28,29)/b25-20-. The molecule has 30 heavy (non-hydrogen) atoms. The number of oxime groups is 1. The molecule has 0 spiro atoms. The third-order valence-corrected chi connectivity index (χ3v) is 5.38. The average Bonchev–Trinajstić information content (AvgIpc) is 2.79. The Morgan fingerprint density at radius 1 is 1.00 bits per heavy atom. The largest absolute Gasteiger partial charge is 0.481 e. The second-order valence-corrected chi connectivity index (χ2v) is 7.47. The minimum atomic E-state index is -0.900. The highest BCUT2D eigenvalue weighted by Gasteiger charge is 2.18. The molecule has 0 saturated carbocycles. The molecule has 1 aliphatic rings. The maximum Gasteiger partial charge on any atom is 0.303 e. The number of piperazine rings is 1. The Balaban J connectivity index is 1.35. The first-order chi connectivity index (χ1) is 14.7. The Morgan fingerprint density at radius 3 is 2.33 bits per heavy atom. The number of rotatable bonds is 10. The van der Waals surface area contributed by atoms with Crippen molar-refractivity contribution >= 4 is 17.6 Å². The number of benzene rings is 1. The molecule has 160 valence electrons. The molecule has 0 bridgehead atoms. The fourth-order valence-electron chi connectivity index (χ4n) is 3.63. The van der Waals surface area contributed by atoms with E-state index in [0.29, 0.717) is 5.71 Å². The molecule has 0 unspecified atom stereocenters. The van der Waals surface area contributed by atoms with Crippen molar-refractivity contribution in [2.45, 2.75) is 32.1 Å². The number of aromatic nitrogens is 2. The van der Waals surface area contributed by atoms with Gasteiger partial charge in [0.25, 0.3) is 0 Å². The molecular formula is C22H29N5O3. The number of carboxylic acid groups (broad SMARTS) is 1. The first-order valence-corrected chi connectivity index (χ1v) is 10.4. The Hall–Kier alpha value is -3.00. The average molecular weight is 412 g/mol. The van der Waals surface area contributed by atoms with Crippen LogP contribution in [0.1, 0.15) is 36.8 Å². The summed E-state index contributed by atoms with van der Waals surface area (Å²) in [6.07, 6.45) is 7.00. The van der Waals surface area contributed by atoms with Crippen molar-refractivity contribution in [3.8, 4) is 0 Å². The third-order valence-electron chi connectivity index (χ3n) is 5.38. The van der Waals surface area contributed by atoms with Gasteiger partial charge in [0.2, 0.25) is 5.95 Å². The molecule has 2 heterocycles. The van der Waals surface area contributed by atoms with Crippen LogP contribution in [-0.2, 0) is 11.2 Å². The van der Waals surface area contributed by atoms with Gasteiger partial charge in [0.1, 0.15) is 0 Å². The van der Waals surface area contributed by atoms with Crippen LogP contribution in [0.3, 0.4) is 0 Å². The molecule has 2 N–H and O–H groups in total. The number of hydrogen-bond donors (Lipinski definition) is 2. The third kappa shape index (κ3) is 6.52. The van der Waals surface area contributed by atoms with Gasteiger partial charge in [-0.1, -0.05) is 29.4 Å². The molecule has 1 saturated heterocycles. The van der Waals surface area contributed by atoms with Gasteiger partial charge < -0.3 is 15.2 Å². The Morgan fingerprint density at radius 2 is 1.70 bits per heavy atom. The summed E-state index contributed by atoms with van der Waals surface area (Å²) < 4.78 is 0. The van der Waals surface area contributed by atoms with Crippen LogP contribution in [0.15, 0.2) is 47.9 Å².